The van der Waals surface area contributed by atoms with E-state index < -0.39 is 0 Å². The Labute approximate surface area is 182 Å². The van der Waals surface area contributed by atoms with Crippen LogP contribution in [0, 0.1) is 0 Å². The number of hydrogen-bond donors (Lipinski definition) is 1. The van der Waals surface area contributed by atoms with E-state index in [0.29, 0.717) is 24.5 Å². The van der Waals surface area contributed by atoms with Crippen LogP contribution in [0.4, 0.5) is 11.6 Å². The lowest BCUT2D eigenvalue weighted by Gasteiger charge is -2.33. The third kappa shape index (κ3) is 5.31. The summed E-state index contributed by atoms with van der Waals surface area (Å²) in [4.78, 5) is 23.4. The van der Waals surface area contributed by atoms with Crippen LogP contribution in [0.3, 0.4) is 0 Å². The highest BCUT2D eigenvalue weighted by atomic mass is 16.5. The summed E-state index contributed by atoms with van der Waals surface area (Å²) >= 11 is 0. The molecule has 1 atom stereocenters. The minimum atomic E-state index is -0.209. The number of carbonyl (C=O) groups excluding carboxylic acids is 1. The molecule has 1 aliphatic heterocycles. The summed E-state index contributed by atoms with van der Waals surface area (Å²) in [5.74, 6) is 2.45. The van der Waals surface area contributed by atoms with Crippen LogP contribution in [0.5, 0.6) is 11.5 Å². The summed E-state index contributed by atoms with van der Waals surface area (Å²) in [6.45, 7) is 4.10. The Morgan fingerprint density at radius 1 is 1.10 bits per heavy atom. The van der Waals surface area contributed by atoms with Gasteiger partial charge in [-0.3, -0.25) is 9.78 Å². The Morgan fingerprint density at radius 3 is 2.68 bits per heavy atom. The molecule has 160 valence electrons. The second-order valence-corrected chi connectivity index (χ2v) is 7.29. The lowest BCUT2D eigenvalue weighted by atomic mass is 10.1. The SMILES string of the molecule is CCOc1ccccc1O[C@@H]1CCCN(c2cncc(NC(=O)c3ccccc3)n2)C1. The maximum Gasteiger partial charge on any atom is 0.256 e. The molecular formula is C24H26N4O3. The molecule has 7 nitrogen and oxygen atoms in total. The molecule has 4 rings (SSSR count). The van der Waals surface area contributed by atoms with Gasteiger partial charge in [0.05, 0.1) is 25.5 Å². The number of piperidine rings is 1. The van der Waals surface area contributed by atoms with Crippen LogP contribution < -0.4 is 19.7 Å². The van der Waals surface area contributed by atoms with E-state index in [1.54, 1.807) is 24.5 Å². The number of hydrogen-bond acceptors (Lipinski definition) is 6. The summed E-state index contributed by atoms with van der Waals surface area (Å²) in [6, 6.07) is 16.8. The second kappa shape index (κ2) is 9.93. The standard InChI is InChI=1S/C24H26N4O3/c1-2-30-20-12-6-7-13-21(20)31-19-11-8-14-28(17-19)23-16-25-15-22(26-23)27-24(29)18-9-4-3-5-10-18/h3-7,9-10,12-13,15-16,19H,2,8,11,14,17H2,1H3,(H,26,27,29)/t19-/m1/s1. The highest BCUT2D eigenvalue weighted by Crippen LogP contribution is 2.30. The quantitative estimate of drug-likeness (QED) is 0.620. The fraction of sp³-hybridized carbons (Fsp3) is 0.292. The summed E-state index contributed by atoms with van der Waals surface area (Å²) < 4.78 is 11.9. The molecule has 3 aromatic rings. The number of amides is 1. The lowest BCUT2D eigenvalue weighted by molar-refractivity contribution is 0.102. The van der Waals surface area contributed by atoms with Crippen molar-refractivity contribution in [2.75, 3.05) is 29.9 Å². The van der Waals surface area contributed by atoms with Crippen molar-refractivity contribution >= 4 is 17.5 Å². The number of rotatable bonds is 7. The monoisotopic (exact) mass is 418 g/mol. The zero-order valence-corrected chi connectivity index (χ0v) is 17.5. The number of nitrogens with zero attached hydrogens (tertiary/aromatic N) is 3. The summed E-state index contributed by atoms with van der Waals surface area (Å²) in [7, 11) is 0. The minimum absolute atomic E-state index is 0.0136. The van der Waals surface area contributed by atoms with Crippen molar-refractivity contribution < 1.29 is 14.3 Å². The summed E-state index contributed by atoms with van der Waals surface area (Å²) in [5, 5.41) is 2.82. The summed E-state index contributed by atoms with van der Waals surface area (Å²) in [6.07, 6.45) is 5.22. The number of para-hydroxylation sites is 2. The van der Waals surface area contributed by atoms with E-state index >= 15 is 0 Å². The van der Waals surface area contributed by atoms with Crippen molar-refractivity contribution in [1.82, 2.24) is 9.97 Å². The largest absolute Gasteiger partial charge is 0.490 e. The smallest absolute Gasteiger partial charge is 0.256 e. The zero-order chi connectivity index (χ0) is 21.5. The Hall–Kier alpha value is -3.61. The van der Waals surface area contributed by atoms with Gasteiger partial charge in [-0.15, -0.1) is 0 Å². The van der Waals surface area contributed by atoms with Gasteiger partial charge in [0.1, 0.15) is 11.9 Å². The second-order valence-electron chi connectivity index (χ2n) is 7.29. The molecule has 0 bridgehead atoms. The molecule has 1 aliphatic rings. The zero-order valence-electron chi connectivity index (χ0n) is 17.5. The number of anilines is 2. The normalized spacial score (nSPS) is 15.9. The van der Waals surface area contributed by atoms with Crippen molar-refractivity contribution in [2.24, 2.45) is 0 Å². The Morgan fingerprint density at radius 2 is 1.87 bits per heavy atom. The first-order chi connectivity index (χ1) is 15.2. The third-order valence-corrected chi connectivity index (χ3v) is 5.04. The van der Waals surface area contributed by atoms with Crippen molar-refractivity contribution in [3.63, 3.8) is 0 Å². The van der Waals surface area contributed by atoms with Gasteiger partial charge in [-0.05, 0) is 44.0 Å². The highest BCUT2D eigenvalue weighted by molar-refractivity contribution is 6.03. The topological polar surface area (TPSA) is 76.6 Å². The molecule has 0 radical (unpaired) electrons. The fourth-order valence-corrected chi connectivity index (χ4v) is 3.59. The Bertz CT molecular complexity index is 1010. The highest BCUT2D eigenvalue weighted by Gasteiger charge is 2.24. The van der Waals surface area contributed by atoms with E-state index in [9.17, 15) is 4.79 Å². The van der Waals surface area contributed by atoms with E-state index in [1.807, 2.05) is 49.4 Å². The number of ether oxygens (including phenoxy) is 2. The first kappa shape index (κ1) is 20.7. The number of benzene rings is 2. The average Bonchev–Trinajstić information content (AvgIpc) is 2.81. The van der Waals surface area contributed by atoms with Gasteiger partial charge in [0, 0.05) is 12.1 Å². The van der Waals surface area contributed by atoms with Crippen molar-refractivity contribution in [2.45, 2.75) is 25.9 Å². The van der Waals surface area contributed by atoms with E-state index in [2.05, 4.69) is 20.2 Å². The van der Waals surface area contributed by atoms with Crippen molar-refractivity contribution in [1.29, 1.82) is 0 Å². The number of aromatic nitrogens is 2. The van der Waals surface area contributed by atoms with Gasteiger partial charge in [0.25, 0.3) is 5.91 Å². The van der Waals surface area contributed by atoms with Crippen LogP contribution in [0.2, 0.25) is 0 Å². The van der Waals surface area contributed by atoms with Crippen LogP contribution >= 0.6 is 0 Å². The van der Waals surface area contributed by atoms with Crippen LogP contribution in [-0.2, 0) is 0 Å². The van der Waals surface area contributed by atoms with Gasteiger partial charge in [0.2, 0.25) is 0 Å². The molecule has 1 aromatic heterocycles. The molecule has 1 saturated heterocycles. The molecule has 1 N–H and O–H groups in total. The van der Waals surface area contributed by atoms with Crippen molar-refractivity contribution in [3.8, 4) is 11.5 Å². The van der Waals surface area contributed by atoms with E-state index in [-0.39, 0.29) is 12.0 Å². The average molecular weight is 418 g/mol. The van der Waals surface area contributed by atoms with Gasteiger partial charge in [0.15, 0.2) is 17.3 Å². The van der Waals surface area contributed by atoms with Gasteiger partial charge < -0.3 is 19.7 Å². The van der Waals surface area contributed by atoms with E-state index in [4.69, 9.17) is 9.47 Å². The van der Waals surface area contributed by atoms with Crippen LogP contribution in [0.25, 0.3) is 0 Å². The van der Waals surface area contributed by atoms with Crippen LogP contribution in [0.1, 0.15) is 30.1 Å². The summed E-state index contributed by atoms with van der Waals surface area (Å²) in [5.41, 5.74) is 0.578. The molecule has 0 aliphatic carbocycles. The number of nitrogens with one attached hydrogen (secondary N) is 1. The first-order valence-electron chi connectivity index (χ1n) is 10.5. The molecule has 7 heteroatoms. The maximum atomic E-state index is 12.4. The Balaban J connectivity index is 1.43. The lowest BCUT2D eigenvalue weighted by Crippen LogP contribution is -2.41. The fourth-order valence-electron chi connectivity index (χ4n) is 3.59. The first-order valence-corrected chi connectivity index (χ1v) is 10.5. The van der Waals surface area contributed by atoms with E-state index in [0.717, 1.165) is 36.7 Å². The molecule has 0 saturated carbocycles. The predicted molar refractivity (Wildman–Crippen MR) is 120 cm³/mol. The molecule has 2 heterocycles. The molecule has 1 fully saturated rings. The molecule has 31 heavy (non-hydrogen) atoms. The Kier molecular flexibility index (Phi) is 6.62. The van der Waals surface area contributed by atoms with Gasteiger partial charge >= 0.3 is 0 Å². The molecule has 0 spiro atoms. The van der Waals surface area contributed by atoms with Crippen molar-refractivity contribution in [3.05, 3.63) is 72.6 Å². The van der Waals surface area contributed by atoms with Gasteiger partial charge in [-0.25, -0.2) is 4.98 Å². The molecular weight excluding hydrogens is 392 g/mol. The molecule has 2 aromatic carbocycles. The van der Waals surface area contributed by atoms with E-state index in [1.165, 1.54) is 0 Å². The molecule has 1 amide bonds. The van der Waals surface area contributed by atoms with Crippen LogP contribution in [-0.4, -0.2) is 41.7 Å². The third-order valence-electron chi connectivity index (χ3n) is 5.04. The van der Waals surface area contributed by atoms with Gasteiger partial charge in [-0.1, -0.05) is 30.3 Å². The predicted octanol–water partition coefficient (Wildman–Crippen LogP) is 4.18. The number of carbonyl (C=O) groups is 1. The molecule has 0 unspecified atom stereocenters. The van der Waals surface area contributed by atoms with Crippen LogP contribution in [0.15, 0.2) is 67.0 Å². The minimum Gasteiger partial charge on any atom is -0.490 e. The van der Waals surface area contributed by atoms with Gasteiger partial charge in [-0.2, -0.15) is 0 Å². The maximum absolute atomic E-state index is 12.4.